The average molecular weight is 273 g/mol. The van der Waals surface area contributed by atoms with E-state index in [2.05, 4.69) is 4.90 Å². The molecule has 0 aliphatic heterocycles. The first-order chi connectivity index (χ1) is 8.16. The maximum atomic E-state index is 12.5. The molecule has 3 aliphatic rings. The monoisotopic (exact) mass is 272 g/mol. The minimum absolute atomic E-state index is 0. The lowest BCUT2D eigenvalue weighted by atomic mass is 10.0. The summed E-state index contributed by atoms with van der Waals surface area (Å²) >= 11 is 0. The molecule has 18 heavy (non-hydrogen) atoms. The number of carbonyl (C=O) groups is 1. The summed E-state index contributed by atoms with van der Waals surface area (Å²) in [6.45, 7) is 0. The van der Waals surface area contributed by atoms with Crippen LogP contribution in [-0.2, 0) is 4.79 Å². The fourth-order valence-electron chi connectivity index (χ4n) is 3.57. The molecule has 0 aromatic carbocycles. The Morgan fingerprint density at radius 1 is 1.11 bits per heavy atom. The Bertz CT molecular complexity index is 303. The molecule has 3 rings (SSSR count). The van der Waals surface area contributed by atoms with Crippen molar-refractivity contribution in [3.63, 3.8) is 0 Å². The largest absolute Gasteiger partial charge is 0.342 e. The predicted octanol–water partition coefficient (Wildman–Crippen LogP) is 2.18. The summed E-state index contributed by atoms with van der Waals surface area (Å²) in [5, 5.41) is 0. The molecule has 4 heteroatoms. The first-order valence-electron chi connectivity index (χ1n) is 7.19. The van der Waals surface area contributed by atoms with Crippen molar-refractivity contribution < 1.29 is 4.79 Å². The van der Waals surface area contributed by atoms with Crippen LogP contribution in [-0.4, -0.2) is 29.9 Å². The lowest BCUT2D eigenvalue weighted by molar-refractivity contribution is -0.137. The Balaban J connectivity index is 0.00000120. The molecule has 3 nitrogen and oxygen atoms in total. The van der Waals surface area contributed by atoms with Crippen LogP contribution in [0.15, 0.2) is 0 Å². The molecule has 0 spiro atoms. The summed E-state index contributed by atoms with van der Waals surface area (Å²) in [6.07, 6.45) is 8.29. The van der Waals surface area contributed by atoms with Crippen LogP contribution in [0.25, 0.3) is 0 Å². The molecular weight excluding hydrogens is 248 g/mol. The number of hydrogen-bond acceptors (Lipinski definition) is 2. The molecule has 0 radical (unpaired) electrons. The first-order valence-corrected chi connectivity index (χ1v) is 7.19. The van der Waals surface area contributed by atoms with E-state index in [-0.39, 0.29) is 24.4 Å². The van der Waals surface area contributed by atoms with Crippen molar-refractivity contribution in [2.45, 2.75) is 57.0 Å². The molecule has 2 N–H and O–H groups in total. The summed E-state index contributed by atoms with van der Waals surface area (Å²) in [7, 11) is 2.04. The second-order valence-corrected chi connectivity index (χ2v) is 6.38. The van der Waals surface area contributed by atoms with E-state index < -0.39 is 0 Å². The summed E-state index contributed by atoms with van der Waals surface area (Å²) in [6, 6.07) is 0.817. The molecule has 0 aromatic rings. The highest BCUT2D eigenvalue weighted by molar-refractivity contribution is 5.85. The van der Waals surface area contributed by atoms with Crippen LogP contribution in [0.3, 0.4) is 0 Å². The molecule has 3 saturated carbocycles. The van der Waals surface area contributed by atoms with Gasteiger partial charge in [0.1, 0.15) is 0 Å². The van der Waals surface area contributed by atoms with Gasteiger partial charge in [0.05, 0.1) is 0 Å². The summed E-state index contributed by atoms with van der Waals surface area (Å²) in [5.41, 5.74) is 5.91. The maximum absolute atomic E-state index is 12.5. The normalized spacial score (nSPS) is 31.3. The van der Waals surface area contributed by atoms with Gasteiger partial charge in [0.25, 0.3) is 0 Å². The molecule has 2 atom stereocenters. The van der Waals surface area contributed by atoms with Crippen molar-refractivity contribution in [1.82, 2.24) is 4.90 Å². The number of amides is 1. The van der Waals surface area contributed by atoms with Crippen LogP contribution in [0.4, 0.5) is 0 Å². The minimum atomic E-state index is 0. The lowest BCUT2D eigenvalue weighted by Gasteiger charge is -2.30. The molecule has 0 bridgehead atoms. The molecule has 0 aromatic heterocycles. The van der Waals surface area contributed by atoms with Gasteiger partial charge >= 0.3 is 0 Å². The van der Waals surface area contributed by atoms with Gasteiger partial charge in [-0.3, -0.25) is 4.79 Å². The van der Waals surface area contributed by atoms with Gasteiger partial charge in [-0.25, -0.2) is 0 Å². The van der Waals surface area contributed by atoms with Crippen molar-refractivity contribution in [1.29, 1.82) is 0 Å². The Labute approximate surface area is 116 Å². The summed E-state index contributed by atoms with van der Waals surface area (Å²) in [4.78, 5) is 14.6. The Morgan fingerprint density at radius 2 is 1.67 bits per heavy atom. The molecule has 3 aliphatic carbocycles. The number of rotatable bonds is 4. The van der Waals surface area contributed by atoms with Gasteiger partial charge in [-0.1, -0.05) is 0 Å². The highest BCUT2D eigenvalue weighted by Gasteiger charge is 2.46. The lowest BCUT2D eigenvalue weighted by Crippen LogP contribution is -2.43. The van der Waals surface area contributed by atoms with Gasteiger partial charge in [-0.05, 0) is 56.8 Å². The van der Waals surface area contributed by atoms with E-state index in [1.165, 1.54) is 25.7 Å². The molecule has 104 valence electrons. The second kappa shape index (κ2) is 5.38. The minimum Gasteiger partial charge on any atom is -0.342 e. The van der Waals surface area contributed by atoms with E-state index in [9.17, 15) is 4.79 Å². The van der Waals surface area contributed by atoms with Gasteiger partial charge in [0.2, 0.25) is 5.91 Å². The second-order valence-electron chi connectivity index (χ2n) is 6.38. The van der Waals surface area contributed by atoms with Crippen molar-refractivity contribution in [3.05, 3.63) is 0 Å². The van der Waals surface area contributed by atoms with Gasteiger partial charge in [-0.2, -0.15) is 0 Å². The standard InChI is InChI=1S/C14H24N2O.ClH/c1-16(13(9-2-3-9)10-4-5-10)14(17)11-6-7-12(15)8-11;/h9-13H,2-8,15H2,1H3;1H. The average Bonchev–Trinajstić information content (AvgIpc) is 3.21. The van der Waals surface area contributed by atoms with Crippen molar-refractivity contribution >= 4 is 18.3 Å². The smallest absolute Gasteiger partial charge is 0.225 e. The third-order valence-electron chi connectivity index (χ3n) is 4.83. The number of nitrogens with zero attached hydrogens (tertiary/aromatic N) is 1. The summed E-state index contributed by atoms with van der Waals surface area (Å²) < 4.78 is 0. The predicted molar refractivity (Wildman–Crippen MR) is 74.6 cm³/mol. The van der Waals surface area contributed by atoms with Gasteiger partial charge in [-0.15, -0.1) is 12.4 Å². The first kappa shape index (κ1) is 14.1. The zero-order valence-electron chi connectivity index (χ0n) is 11.2. The maximum Gasteiger partial charge on any atom is 0.225 e. The number of hydrogen-bond donors (Lipinski definition) is 1. The topological polar surface area (TPSA) is 46.3 Å². The highest BCUT2D eigenvalue weighted by atomic mass is 35.5. The quantitative estimate of drug-likeness (QED) is 0.853. The Kier molecular flexibility index (Phi) is 4.22. The van der Waals surface area contributed by atoms with Gasteiger partial charge < -0.3 is 10.6 Å². The molecule has 0 saturated heterocycles. The van der Waals surface area contributed by atoms with Crippen LogP contribution < -0.4 is 5.73 Å². The van der Waals surface area contributed by atoms with Crippen molar-refractivity contribution in [3.8, 4) is 0 Å². The Hall–Kier alpha value is -0.280. The number of halogens is 1. The summed E-state index contributed by atoms with van der Waals surface area (Å²) in [5.74, 6) is 2.22. The van der Waals surface area contributed by atoms with E-state index in [0.717, 1.165) is 31.1 Å². The van der Waals surface area contributed by atoms with Crippen molar-refractivity contribution in [2.24, 2.45) is 23.5 Å². The fourth-order valence-corrected chi connectivity index (χ4v) is 3.57. The molecule has 3 fully saturated rings. The van der Waals surface area contributed by atoms with E-state index in [0.29, 0.717) is 11.9 Å². The zero-order valence-corrected chi connectivity index (χ0v) is 12.0. The molecule has 2 unspecified atom stereocenters. The van der Waals surface area contributed by atoms with Gasteiger partial charge in [0.15, 0.2) is 0 Å². The number of nitrogens with two attached hydrogens (primary N) is 1. The SMILES string of the molecule is CN(C(=O)C1CCC(N)C1)C(C1CC1)C1CC1.Cl. The Morgan fingerprint density at radius 3 is 2.06 bits per heavy atom. The highest BCUT2D eigenvalue weighted by Crippen LogP contribution is 2.47. The van der Waals surface area contributed by atoms with E-state index in [1.54, 1.807) is 0 Å². The number of carbonyl (C=O) groups excluding carboxylic acids is 1. The molecule has 1 amide bonds. The van der Waals surface area contributed by atoms with Gasteiger partial charge in [0, 0.05) is 25.0 Å². The third-order valence-corrected chi connectivity index (χ3v) is 4.83. The van der Waals surface area contributed by atoms with Crippen LogP contribution >= 0.6 is 12.4 Å². The molecule has 0 heterocycles. The molecular formula is C14H25ClN2O. The zero-order chi connectivity index (χ0) is 12.0. The third kappa shape index (κ3) is 2.83. The van der Waals surface area contributed by atoms with Crippen LogP contribution in [0.1, 0.15) is 44.9 Å². The van der Waals surface area contributed by atoms with Crippen molar-refractivity contribution in [2.75, 3.05) is 7.05 Å². The van der Waals surface area contributed by atoms with E-state index in [4.69, 9.17) is 5.73 Å². The van der Waals surface area contributed by atoms with Crippen LogP contribution in [0.2, 0.25) is 0 Å². The van der Waals surface area contributed by atoms with Crippen LogP contribution in [0, 0.1) is 17.8 Å². The van der Waals surface area contributed by atoms with Crippen LogP contribution in [0.5, 0.6) is 0 Å². The van der Waals surface area contributed by atoms with E-state index in [1.807, 2.05) is 7.05 Å². The fraction of sp³-hybridized carbons (Fsp3) is 0.929. The van der Waals surface area contributed by atoms with E-state index >= 15 is 0 Å².